The molecular formula is C39H35N. The number of nitrogens with one attached hydrogen (secondary N) is 1. The predicted octanol–water partition coefficient (Wildman–Crippen LogP) is 11.3. The van der Waals surface area contributed by atoms with Crippen LogP contribution in [-0.4, -0.2) is 6.21 Å². The minimum absolute atomic E-state index is 0.946. The van der Waals surface area contributed by atoms with Gasteiger partial charge in [-0.2, -0.15) is 0 Å². The van der Waals surface area contributed by atoms with E-state index in [1.807, 2.05) is 19.9 Å². The van der Waals surface area contributed by atoms with Crippen molar-refractivity contribution >= 4 is 44.1 Å². The largest absolute Gasteiger partial charge is 0.309 e. The lowest BCUT2D eigenvalue weighted by molar-refractivity contribution is 1.14. The molecule has 0 radical (unpaired) electrons. The van der Waals surface area contributed by atoms with E-state index in [1.54, 1.807) is 6.08 Å². The highest BCUT2D eigenvalue weighted by atomic mass is 14.3. The second kappa shape index (κ2) is 12.0. The normalized spacial score (nSPS) is 11.3. The van der Waals surface area contributed by atoms with E-state index in [-0.39, 0.29) is 0 Å². The first-order valence-corrected chi connectivity index (χ1v) is 14.1. The molecule has 0 atom stereocenters. The summed E-state index contributed by atoms with van der Waals surface area (Å²) in [4.78, 5) is 0. The molecule has 0 bridgehead atoms. The lowest BCUT2D eigenvalue weighted by Crippen LogP contribution is -1.91. The van der Waals surface area contributed by atoms with Gasteiger partial charge in [-0.1, -0.05) is 130 Å². The Morgan fingerprint density at radius 2 is 1.18 bits per heavy atom. The topological polar surface area (TPSA) is 23.9 Å². The SMILES string of the molecule is C=C/C(=C\C=N)c1ccc2ccc(-c3c4ccccc4c(-c4ccc(CC)cc4)c4ccccc34)cc2c1.CC. The van der Waals surface area contributed by atoms with Gasteiger partial charge in [0.2, 0.25) is 0 Å². The lowest BCUT2D eigenvalue weighted by Gasteiger charge is -2.18. The van der Waals surface area contributed by atoms with E-state index in [1.165, 1.54) is 66.3 Å². The highest BCUT2D eigenvalue weighted by Crippen LogP contribution is 2.44. The van der Waals surface area contributed by atoms with Crippen LogP contribution in [-0.2, 0) is 6.42 Å². The van der Waals surface area contributed by atoms with Gasteiger partial charge in [-0.15, -0.1) is 0 Å². The molecule has 1 heteroatoms. The minimum Gasteiger partial charge on any atom is -0.309 e. The third-order valence-electron chi connectivity index (χ3n) is 7.53. The Kier molecular flexibility index (Phi) is 8.03. The summed E-state index contributed by atoms with van der Waals surface area (Å²) in [5.41, 5.74) is 8.36. The zero-order chi connectivity index (χ0) is 28.1. The van der Waals surface area contributed by atoms with Crippen molar-refractivity contribution in [2.45, 2.75) is 27.2 Å². The van der Waals surface area contributed by atoms with E-state index in [2.05, 4.69) is 123 Å². The summed E-state index contributed by atoms with van der Waals surface area (Å²) >= 11 is 0. The molecule has 1 nitrogen and oxygen atoms in total. The van der Waals surface area contributed by atoms with E-state index in [9.17, 15) is 0 Å². The molecule has 0 amide bonds. The fourth-order valence-electron chi connectivity index (χ4n) is 5.61. The van der Waals surface area contributed by atoms with Crippen LogP contribution in [0.25, 0.3) is 60.1 Å². The average molecular weight is 518 g/mol. The molecule has 0 saturated heterocycles. The first-order chi connectivity index (χ1) is 19.7. The van der Waals surface area contributed by atoms with Gasteiger partial charge in [-0.3, -0.25) is 0 Å². The Balaban J connectivity index is 0.00000158. The molecule has 0 aliphatic rings. The van der Waals surface area contributed by atoms with Crippen LogP contribution in [0.15, 0.2) is 128 Å². The number of rotatable bonds is 6. The molecule has 0 spiro atoms. The molecule has 0 aliphatic carbocycles. The highest BCUT2D eigenvalue weighted by molar-refractivity contribution is 6.21. The van der Waals surface area contributed by atoms with Crippen LogP contribution in [0.1, 0.15) is 31.9 Å². The Labute approximate surface area is 237 Å². The lowest BCUT2D eigenvalue weighted by atomic mass is 9.85. The van der Waals surface area contributed by atoms with Crippen molar-refractivity contribution in [2.24, 2.45) is 0 Å². The Bertz CT molecular complexity index is 1810. The quantitative estimate of drug-likeness (QED) is 0.129. The summed E-state index contributed by atoms with van der Waals surface area (Å²) in [5, 5.41) is 14.9. The van der Waals surface area contributed by atoms with Gasteiger partial charge in [0.05, 0.1) is 0 Å². The number of aryl methyl sites for hydroxylation is 1. The van der Waals surface area contributed by atoms with Crippen LogP contribution < -0.4 is 0 Å². The maximum absolute atomic E-state index is 7.50. The Hall–Kier alpha value is -4.75. The van der Waals surface area contributed by atoms with Crippen LogP contribution in [0.4, 0.5) is 0 Å². The number of allylic oxidation sites excluding steroid dienone is 3. The molecule has 6 aromatic rings. The van der Waals surface area contributed by atoms with Crippen molar-refractivity contribution in [1.29, 1.82) is 5.41 Å². The number of hydrogen-bond acceptors (Lipinski definition) is 1. The second-order valence-corrected chi connectivity index (χ2v) is 9.66. The molecule has 0 fully saturated rings. The Morgan fingerprint density at radius 1 is 0.650 bits per heavy atom. The zero-order valence-corrected chi connectivity index (χ0v) is 23.5. The van der Waals surface area contributed by atoms with Crippen molar-refractivity contribution < 1.29 is 0 Å². The van der Waals surface area contributed by atoms with Gasteiger partial charge in [0.1, 0.15) is 0 Å². The van der Waals surface area contributed by atoms with Gasteiger partial charge in [0, 0.05) is 6.21 Å². The van der Waals surface area contributed by atoms with Crippen LogP contribution in [0, 0.1) is 5.41 Å². The maximum Gasteiger partial charge on any atom is 0.0183 e. The fraction of sp³-hybridized carbons (Fsp3) is 0.103. The average Bonchev–Trinajstić information content (AvgIpc) is 3.03. The molecule has 40 heavy (non-hydrogen) atoms. The van der Waals surface area contributed by atoms with Crippen molar-refractivity contribution in [2.75, 3.05) is 0 Å². The first-order valence-electron chi connectivity index (χ1n) is 14.1. The summed E-state index contributed by atoms with van der Waals surface area (Å²) in [6.07, 6.45) is 5.94. The van der Waals surface area contributed by atoms with Gasteiger partial charge in [-0.25, -0.2) is 0 Å². The molecule has 0 unspecified atom stereocenters. The van der Waals surface area contributed by atoms with Crippen molar-refractivity contribution in [3.05, 3.63) is 139 Å². The molecule has 0 saturated carbocycles. The molecule has 1 N–H and O–H groups in total. The van der Waals surface area contributed by atoms with Crippen LogP contribution in [0.2, 0.25) is 0 Å². The number of fused-ring (bicyclic) bond motifs is 3. The third kappa shape index (κ3) is 4.87. The Morgan fingerprint density at radius 3 is 1.70 bits per heavy atom. The molecule has 0 aliphatic heterocycles. The van der Waals surface area contributed by atoms with Crippen molar-refractivity contribution in [3.63, 3.8) is 0 Å². The predicted molar refractivity (Wildman–Crippen MR) is 178 cm³/mol. The zero-order valence-electron chi connectivity index (χ0n) is 23.5. The first kappa shape index (κ1) is 26.8. The van der Waals surface area contributed by atoms with E-state index in [0.29, 0.717) is 0 Å². The van der Waals surface area contributed by atoms with Gasteiger partial charge in [-0.05, 0) is 95.9 Å². The van der Waals surface area contributed by atoms with Gasteiger partial charge < -0.3 is 5.41 Å². The number of hydrogen-bond donors (Lipinski definition) is 1. The van der Waals surface area contributed by atoms with E-state index in [4.69, 9.17) is 5.41 Å². The van der Waals surface area contributed by atoms with E-state index < -0.39 is 0 Å². The summed E-state index contributed by atoms with van der Waals surface area (Å²) in [5.74, 6) is 0. The minimum atomic E-state index is 0.946. The molecular weight excluding hydrogens is 482 g/mol. The monoisotopic (exact) mass is 517 g/mol. The van der Waals surface area contributed by atoms with Gasteiger partial charge >= 0.3 is 0 Å². The van der Waals surface area contributed by atoms with Crippen molar-refractivity contribution in [1.82, 2.24) is 0 Å². The maximum atomic E-state index is 7.50. The standard InChI is InChI=1S/C37H29N.C2H6/c1-3-25-13-15-28(16-14-25)36-32-9-5-7-11-34(32)37(35-12-8-6-10-33(35)36)30-20-18-27-17-19-29(23-31(27)24-30)26(4-2)21-22-38;1-2/h4-24,38H,2-3H2,1H3;1-2H3/b26-21+,38-22?;. The smallest absolute Gasteiger partial charge is 0.0183 e. The van der Waals surface area contributed by atoms with E-state index >= 15 is 0 Å². The third-order valence-corrected chi connectivity index (χ3v) is 7.53. The van der Waals surface area contributed by atoms with Gasteiger partial charge in [0.25, 0.3) is 0 Å². The van der Waals surface area contributed by atoms with Gasteiger partial charge in [0.15, 0.2) is 0 Å². The van der Waals surface area contributed by atoms with Crippen LogP contribution in [0.3, 0.4) is 0 Å². The van der Waals surface area contributed by atoms with E-state index in [0.717, 1.165) is 17.6 Å². The number of benzene rings is 6. The van der Waals surface area contributed by atoms with Crippen LogP contribution in [0.5, 0.6) is 0 Å². The second-order valence-electron chi connectivity index (χ2n) is 9.66. The molecule has 6 aromatic carbocycles. The fourth-order valence-corrected chi connectivity index (χ4v) is 5.61. The summed E-state index contributed by atoms with van der Waals surface area (Å²) < 4.78 is 0. The van der Waals surface area contributed by atoms with Crippen LogP contribution >= 0.6 is 0 Å². The molecule has 6 rings (SSSR count). The summed E-state index contributed by atoms with van der Waals surface area (Å²) in [6.45, 7) is 10.1. The summed E-state index contributed by atoms with van der Waals surface area (Å²) in [7, 11) is 0. The van der Waals surface area contributed by atoms with Crippen molar-refractivity contribution in [3.8, 4) is 22.3 Å². The molecule has 196 valence electrons. The highest BCUT2D eigenvalue weighted by Gasteiger charge is 2.16. The molecule has 0 heterocycles. The summed E-state index contributed by atoms with van der Waals surface area (Å²) in [6, 6.07) is 39.8. The molecule has 0 aromatic heterocycles.